The normalized spacial score (nSPS) is 14.1. The molecular weight excluding hydrogens is 414 g/mol. The molecule has 1 fully saturated rings. The first-order valence-corrected chi connectivity index (χ1v) is 12.1. The zero-order valence-corrected chi connectivity index (χ0v) is 19.5. The van der Waals surface area contributed by atoms with Crippen LogP contribution in [0.5, 0.6) is 0 Å². The van der Waals surface area contributed by atoms with Crippen molar-refractivity contribution in [2.75, 3.05) is 33.9 Å². The second-order valence-electron chi connectivity index (χ2n) is 8.22. The third-order valence-electron chi connectivity index (χ3n) is 5.43. The minimum Gasteiger partial charge on any atom is -0.324 e. The Balaban J connectivity index is 1.85. The Bertz CT molecular complexity index is 1120. The van der Waals surface area contributed by atoms with E-state index in [0.29, 0.717) is 24.3 Å². The van der Waals surface area contributed by atoms with Gasteiger partial charge in [0.2, 0.25) is 21.8 Å². The highest BCUT2D eigenvalue weighted by molar-refractivity contribution is 7.92. The summed E-state index contributed by atoms with van der Waals surface area (Å²) in [5.41, 5.74) is 5.37. The number of amides is 2. The van der Waals surface area contributed by atoms with E-state index < -0.39 is 15.9 Å². The van der Waals surface area contributed by atoms with Crippen LogP contribution in [0.2, 0.25) is 0 Å². The number of anilines is 3. The smallest absolute Gasteiger partial charge is 0.245 e. The number of rotatable bonds is 6. The zero-order valence-electron chi connectivity index (χ0n) is 18.7. The molecule has 1 aliphatic heterocycles. The van der Waals surface area contributed by atoms with E-state index in [-0.39, 0.29) is 12.5 Å². The molecule has 0 aliphatic carbocycles. The maximum absolute atomic E-state index is 12.8. The molecule has 166 valence electrons. The monoisotopic (exact) mass is 443 g/mol. The van der Waals surface area contributed by atoms with Crippen LogP contribution in [-0.2, 0) is 19.6 Å². The average Bonchev–Trinajstić information content (AvgIpc) is 3.06. The molecular formula is C23H29N3O4S. The van der Waals surface area contributed by atoms with Gasteiger partial charge in [-0.1, -0.05) is 23.8 Å². The van der Waals surface area contributed by atoms with Crippen LogP contribution in [0, 0.1) is 27.7 Å². The lowest BCUT2D eigenvalue weighted by Gasteiger charge is -2.26. The Morgan fingerprint density at radius 3 is 2.26 bits per heavy atom. The van der Waals surface area contributed by atoms with Gasteiger partial charge >= 0.3 is 0 Å². The van der Waals surface area contributed by atoms with Crippen molar-refractivity contribution < 1.29 is 18.0 Å². The van der Waals surface area contributed by atoms with Crippen LogP contribution in [-0.4, -0.2) is 39.6 Å². The zero-order chi connectivity index (χ0) is 22.9. The predicted octanol–water partition coefficient (Wildman–Crippen LogP) is 3.45. The molecule has 0 aromatic heterocycles. The third kappa shape index (κ3) is 5.07. The van der Waals surface area contributed by atoms with E-state index in [4.69, 9.17) is 0 Å². The molecule has 0 spiro atoms. The molecule has 2 aromatic rings. The number of benzene rings is 2. The van der Waals surface area contributed by atoms with Gasteiger partial charge in [0.1, 0.15) is 6.54 Å². The van der Waals surface area contributed by atoms with Crippen molar-refractivity contribution in [1.29, 1.82) is 0 Å². The maximum atomic E-state index is 12.8. The van der Waals surface area contributed by atoms with Gasteiger partial charge in [0, 0.05) is 24.3 Å². The van der Waals surface area contributed by atoms with E-state index in [1.165, 1.54) is 0 Å². The van der Waals surface area contributed by atoms with Crippen molar-refractivity contribution >= 4 is 38.9 Å². The fraction of sp³-hybridized carbons (Fsp3) is 0.391. The summed E-state index contributed by atoms with van der Waals surface area (Å²) in [6.07, 6.45) is 2.43. The summed E-state index contributed by atoms with van der Waals surface area (Å²) in [5.74, 6) is -0.382. The van der Waals surface area contributed by atoms with Gasteiger partial charge in [-0.05, 0) is 62.9 Å². The lowest BCUT2D eigenvalue weighted by atomic mass is 10.1. The van der Waals surface area contributed by atoms with Crippen LogP contribution in [0.1, 0.15) is 35.1 Å². The van der Waals surface area contributed by atoms with Crippen molar-refractivity contribution in [3.05, 3.63) is 52.6 Å². The van der Waals surface area contributed by atoms with E-state index >= 15 is 0 Å². The summed E-state index contributed by atoms with van der Waals surface area (Å²) in [6, 6.07) is 9.17. The lowest BCUT2D eigenvalue weighted by Crippen LogP contribution is -2.38. The summed E-state index contributed by atoms with van der Waals surface area (Å²) >= 11 is 0. The predicted molar refractivity (Wildman–Crippen MR) is 124 cm³/mol. The molecule has 1 heterocycles. The molecule has 0 saturated carbocycles. The van der Waals surface area contributed by atoms with Gasteiger partial charge in [-0.3, -0.25) is 13.9 Å². The maximum Gasteiger partial charge on any atom is 0.245 e. The fourth-order valence-corrected chi connectivity index (χ4v) is 5.11. The van der Waals surface area contributed by atoms with Gasteiger partial charge in [0.05, 0.1) is 11.9 Å². The molecule has 1 N–H and O–H groups in total. The highest BCUT2D eigenvalue weighted by Gasteiger charge is 2.26. The van der Waals surface area contributed by atoms with E-state index in [9.17, 15) is 18.0 Å². The van der Waals surface area contributed by atoms with Crippen molar-refractivity contribution in [3.8, 4) is 0 Å². The Hall–Kier alpha value is -2.87. The van der Waals surface area contributed by atoms with Gasteiger partial charge < -0.3 is 10.2 Å². The van der Waals surface area contributed by atoms with Gasteiger partial charge in [-0.15, -0.1) is 0 Å². The molecule has 31 heavy (non-hydrogen) atoms. The van der Waals surface area contributed by atoms with Gasteiger partial charge in [0.15, 0.2) is 0 Å². The largest absolute Gasteiger partial charge is 0.324 e. The summed E-state index contributed by atoms with van der Waals surface area (Å²) < 4.78 is 26.2. The van der Waals surface area contributed by atoms with E-state index in [1.807, 2.05) is 45.9 Å². The fourth-order valence-electron chi connectivity index (χ4n) is 4.14. The number of hydrogen-bond donors (Lipinski definition) is 1. The Morgan fingerprint density at radius 2 is 1.71 bits per heavy atom. The molecule has 3 rings (SSSR count). The minimum absolute atomic E-state index is 0.0696. The lowest BCUT2D eigenvalue weighted by molar-refractivity contribution is -0.117. The molecule has 0 bridgehead atoms. The minimum atomic E-state index is -3.68. The number of sulfonamides is 1. The highest BCUT2D eigenvalue weighted by Crippen LogP contribution is 2.30. The Labute approximate surface area is 184 Å². The summed E-state index contributed by atoms with van der Waals surface area (Å²) in [4.78, 5) is 26.7. The molecule has 2 aromatic carbocycles. The van der Waals surface area contributed by atoms with Crippen LogP contribution in [0.3, 0.4) is 0 Å². The average molecular weight is 444 g/mol. The van der Waals surface area contributed by atoms with Crippen LogP contribution in [0.4, 0.5) is 17.1 Å². The van der Waals surface area contributed by atoms with Crippen LogP contribution >= 0.6 is 0 Å². The number of carbonyl (C=O) groups is 2. The Kier molecular flexibility index (Phi) is 6.40. The van der Waals surface area contributed by atoms with Crippen molar-refractivity contribution in [2.24, 2.45) is 0 Å². The van der Waals surface area contributed by atoms with E-state index in [2.05, 4.69) is 5.32 Å². The molecule has 1 aliphatic rings. The van der Waals surface area contributed by atoms with Gasteiger partial charge in [0.25, 0.3) is 0 Å². The second kappa shape index (κ2) is 8.70. The first-order chi connectivity index (χ1) is 14.5. The number of hydrogen-bond acceptors (Lipinski definition) is 4. The van der Waals surface area contributed by atoms with Crippen molar-refractivity contribution in [3.63, 3.8) is 0 Å². The van der Waals surface area contributed by atoms with Crippen molar-refractivity contribution in [1.82, 2.24) is 0 Å². The van der Waals surface area contributed by atoms with Gasteiger partial charge in [-0.2, -0.15) is 0 Å². The first-order valence-electron chi connectivity index (χ1n) is 10.2. The topological polar surface area (TPSA) is 86.8 Å². The molecule has 2 amide bonds. The molecule has 0 unspecified atom stereocenters. The second-order valence-corrected chi connectivity index (χ2v) is 10.1. The first kappa shape index (κ1) is 22.8. The van der Waals surface area contributed by atoms with E-state index in [1.54, 1.807) is 17.0 Å². The molecule has 8 heteroatoms. The molecule has 0 atom stereocenters. The molecule has 1 saturated heterocycles. The Morgan fingerprint density at radius 1 is 1.06 bits per heavy atom. The van der Waals surface area contributed by atoms with E-state index in [0.717, 1.165) is 44.9 Å². The molecule has 7 nitrogen and oxygen atoms in total. The van der Waals surface area contributed by atoms with Crippen LogP contribution in [0.15, 0.2) is 30.3 Å². The molecule has 0 radical (unpaired) electrons. The SMILES string of the molecule is Cc1cc(C)c(N(CC(=O)Nc2ccc(C)c(N3CCCC3=O)c2)S(C)(=O)=O)c(C)c1. The van der Waals surface area contributed by atoms with Crippen LogP contribution in [0.25, 0.3) is 0 Å². The van der Waals surface area contributed by atoms with Gasteiger partial charge in [-0.25, -0.2) is 8.42 Å². The van der Waals surface area contributed by atoms with Crippen LogP contribution < -0.4 is 14.5 Å². The standard InChI is InChI=1S/C23H29N3O4S/c1-15-11-17(3)23(18(4)12-15)26(31(5,29)30)14-21(27)24-19-9-8-16(2)20(13-19)25-10-6-7-22(25)28/h8-9,11-13H,6-7,10,14H2,1-5H3,(H,24,27). The quantitative estimate of drug-likeness (QED) is 0.741. The highest BCUT2D eigenvalue weighted by atomic mass is 32.2. The number of nitrogens with one attached hydrogen (secondary N) is 1. The summed E-state index contributed by atoms with van der Waals surface area (Å²) in [6.45, 7) is 7.86. The number of nitrogens with zero attached hydrogens (tertiary/aromatic N) is 2. The number of aryl methyl sites for hydroxylation is 4. The van der Waals surface area contributed by atoms with Crippen molar-refractivity contribution in [2.45, 2.75) is 40.5 Å². The number of carbonyl (C=O) groups excluding carboxylic acids is 2. The third-order valence-corrected chi connectivity index (χ3v) is 6.54. The summed E-state index contributed by atoms with van der Waals surface area (Å²) in [7, 11) is -3.68. The summed E-state index contributed by atoms with van der Waals surface area (Å²) in [5, 5.41) is 2.79.